The van der Waals surface area contributed by atoms with Crippen molar-refractivity contribution in [3.63, 3.8) is 0 Å². The van der Waals surface area contributed by atoms with Gasteiger partial charge >= 0.3 is 0 Å². The highest BCUT2D eigenvalue weighted by molar-refractivity contribution is 14.0. The van der Waals surface area contributed by atoms with Crippen molar-refractivity contribution in [1.29, 1.82) is 0 Å². The molecule has 0 aliphatic carbocycles. The number of hydrogen-bond acceptors (Lipinski definition) is 5. The molecule has 0 saturated carbocycles. The van der Waals surface area contributed by atoms with Gasteiger partial charge in [0.15, 0.2) is 5.96 Å². The summed E-state index contributed by atoms with van der Waals surface area (Å²) >= 11 is 0. The first kappa shape index (κ1) is 18.5. The highest BCUT2D eigenvalue weighted by Crippen LogP contribution is 2.13. The maximum atomic E-state index is 5.16. The molecule has 0 unspecified atom stereocenters. The molecule has 2 rings (SSSR count). The van der Waals surface area contributed by atoms with Gasteiger partial charge in [-0.2, -0.15) is 0 Å². The van der Waals surface area contributed by atoms with Crippen molar-refractivity contribution >= 4 is 29.9 Å². The van der Waals surface area contributed by atoms with Crippen molar-refractivity contribution in [2.75, 3.05) is 13.6 Å². The van der Waals surface area contributed by atoms with E-state index in [0.717, 1.165) is 35.2 Å². The van der Waals surface area contributed by atoms with Crippen LogP contribution in [-0.2, 0) is 13.1 Å². The average molecular weight is 419 g/mol. The van der Waals surface area contributed by atoms with E-state index in [2.05, 4.69) is 20.6 Å². The summed E-state index contributed by atoms with van der Waals surface area (Å²) in [6.07, 6.45) is 1.57. The lowest BCUT2D eigenvalue weighted by atomic mass is 10.2. The normalized spacial score (nSPS) is 11.2. The zero-order valence-corrected chi connectivity index (χ0v) is 15.6. The molecule has 7 nitrogen and oxygen atoms in total. The number of aromatic nitrogens is 2. The molecule has 0 bridgehead atoms. The lowest BCUT2D eigenvalue weighted by Gasteiger charge is -2.20. The summed E-state index contributed by atoms with van der Waals surface area (Å²) in [6.45, 7) is 7.82. The van der Waals surface area contributed by atoms with Crippen LogP contribution in [0.25, 0.3) is 0 Å². The fraction of sp³-hybridized carbons (Fsp3) is 0.500. The van der Waals surface area contributed by atoms with E-state index < -0.39 is 0 Å². The maximum Gasteiger partial charge on any atom is 0.194 e. The Morgan fingerprint density at radius 2 is 2.14 bits per heavy atom. The molecule has 0 saturated heterocycles. The van der Waals surface area contributed by atoms with E-state index in [1.165, 1.54) is 0 Å². The Morgan fingerprint density at radius 1 is 1.36 bits per heavy atom. The molecule has 0 aliphatic heterocycles. The summed E-state index contributed by atoms with van der Waals surface area (Å²) in [5, 5.41) is 11.1. The van der Waals surface area contributed by atoms with Crippen LogP contribution in [0.1, 0.15) is 29.6 Å². The number of nitrogens with zero attached hydrogens (tertiary/aromatic N) is 4. The second kappa shape index (κ2) is 8.76. The number of aliphatic imine (C=N–C) groups is 1. The van der Waals surface area contributed by atoms with Crippen molar-refractivity contribution in [2.45, 2.75) is 33.9 Å². The monoisotopic (exact) mass is 419 g/mol. The summed E-state index contributed by atoms with van der Waals surface area (Å²) in [5.41, 5.74) is 2.77. The zero-order chi connectivity index (χ0) is 15.2. The average Bonchev–Trinajstić information content (AvgIpc) is 3.06. The van der Waals surface area contributed by atoms with Crippen LogP contribution in [0, 0.1) is 13.8 Å². The standard InChI is InChI=1S/C14H21N5O2.HI/c1-5-15-14(19(4)9-12-6-7-20-18-12)16-8-13-10(2)17-21-11(13)3;/h6-7H,5,8-9H2,1-4H3,(H,15,16);1H. The van der Waals surface area contributed by atoms with Crippen LogP contribution in [0.4, 0.5) is 0 Å². The number of hydrogen-bond donors (Lipinski definition) is 1. The van der Waals surface area contributed by atoms with Gasteiger partial charge in [0.2, 0.25) is 0 Å². The van der Waals surface area contributed by atoms with Crippen LogP contribution in [0.15, 0.2) is 26.4 Å². The van der Waals surface area contributed by atoms with Crippen molar-refractivity contribution in [3.05, 3.63) is 35.0 Å². The molecule has 2 aromatic heterocycles. The molecule has 1 N–H and O–H groups in total. The molecule has 2 heterocycles. The van der Waals surface area contributed by atoms with Gasteiger partial charge in [-0.1, -0.05) is 10.3 Å². The third kappa shape index (κ3) is 4.72. The first-order valence-corrected chi connectivity index (χ1v) is 6.92. The van der Waals surface area contributed by atoms with Crippen LogP contribution in [0.5, 0.6) is 0 Å². The van der Waals surface area contributed by atoms with Crippen molar-refractivity contribution in [1.82, 2.24) is 20.5 Å². The van der Waals surface area contributed by atoms with E-state index in [-0.39, 0.29) is 24.0 Å². The number of rotatable bonds is 5. The van der Waals surface area contributed by atoms with Crippen molar-refractivity contribution in [3.8, 4) is 0 Å². The Balaban J connectivity index is 0.00000242. The molecule has 2 aromatic rings. The van der Waals surface area contributed by atoms with Crippen molar-refractivity contribution < 1.29 is 9.05 Å². The fourth-order valence-electron chi connectivity index (χ4n) is 1.99. The topological polar surface area (TPSA) is 79.7 Å². The second-order valence-corrected chi connectivity index (χ2v) is 4.82. The largest absolute Gasteiger partial charge is 0.364 e. The minimum absolute atomic E-state index is 0. The third-order valence-electron chi connectivity index (χ3n) is 3.16. The van der Waals surface area contributed by atoms with Crippen LogP contribution < -0.4 is 5.32 Å². The molecule has 0 fully saturated rings. The molecule has 0 amide bonds. The SMILES string of the molecule is CCNC(=NCc1c(C)noc1C)N(C)Cc1ccon1.I. The number of halogens is 1. The van der Waals surface area contributed by atoms with Gasteiger partial charge in [-0.05, 0) is 20.8 Å². The minimum Gasteiger partial charge on any atom is -0.364 e. The van der Waals surface area contributed by atoms with E-state index in [0.29, 0.717) is 13.1 Å². The zero-order valence-electron chi connectivity index (χ0n) is 13.3. The summed E-state index contributed by atoms with van der Waals surface area (Å²) in [4.78, 5) is 6.63. The summed E-state index contributed by atoms with van der Waals surface area (Å²) in [7, 11) is 1.96. The van der Waals surface area contributed by atoms with Crippen LogP contribution >= 0.6 is 24.0 Å². The van der Waals surface area contributed by atoms with Gasteiger partial charge in [0.05, 0.1) is 18.8 Å². The highest BCUT2D eigenvalue weighted by Gasteiger charge is 2.11. The van der Waals surface area contributed by atoms with Crippen molar-refractivity contribution in [2.24, 2.45) is 4.99 Å². The van der Waals surface area contributed by atoms with Gasteiger partial charge < -0.3 is 19.3 Å². The molecule has 0 atom stereocenters. The lowest BCUT2D eigenvalue weighted by Crippen LogP contribution is -2.38. The first-order chi connectivity index (χ1) is 10.1. The van der Waals surface area contributed by atoms with Gasteiger partial charge in [0, 0.05) is 25.2 Å². The first-order valence-electron chi connectivity index (χ1n) is 6.92. The third-order valence-corrected chi connectivity index (χ3v) is 3.16. The molecule has 0 spiro atoms. The predicted molar refractivity (Wildman–Crippen MR) is 94.2 cm³/mol. The molecular formula is C14H22IN5O2. The Morgan fingerprint density at radius 3 is 2.68 bits per heavy atom. The van der Waals surface area contributed by atoms with Crippen LogP contribution in [-0.4, -0.2) is 34.8 Å². The summed E-state index contributed by atoms with van der Waals surface area (Å²) in [5.74, 6) is 1.62. The quantitative estimate of drug-likeness (QED) is 0.456. The molecule has 22 heavy (non-hydrogen) atoms. The van der Waals surface area contributed by atoms with Gasteiger partial charge in [-0.15, -0.1) is 24.0 Å². The maximum absolute atomic E-state index is 5.16. The number of nitrogens with one attached hydrogen (secondary N) is 1. The molecule has 0 radical (unpaired) electrons. The molecule has 0 aliphatic rings. The Labute approximate surface area is 147 Å². The summed E-state index contributed by atoms with van der Waals surface area (Å²) < 4.78 is 10.0. The van der Waals surface area contributed by atoms with E-state index in [4.69, 9.17) is 9.05 Å². The van der Waals surface area contributed by atoms with Gasteiger partial charge in [-0.3, -0.25) is 0 Å². The van der Waals surface area contributed by atoms with E-state index >= 15 is 0 Å². The Bertz CT molecular complexity index is 575. The van der Waals surface area contributed by atoms with Gasteiger partial charge in [0.25, 0.3) is 0 Å². The van der Waals surface area contributed by atoms with Crippen LogP contribution in [0.2, 0.25) is 0 Å². The Kier molecular flexibility index (Phi) is 7.36. The van der Waals surface area contributed by atoms with E-state index in [1.807, 2.05) is 38.8 Å². The number of guanidine groups is 1. The molecular weight excluding hydrogens is 397 g/mol. The molecule has 8 heteroatoms. The predicted octanol–water partition coefficient (Wildman–Crippen LogP) is 2.49. The molecule has 0 aromatic carbocycles. The Hall–Kier alpha value is -1.58. The number of aryl methyl sites for hydroxylation is 2. The van der Waals surface area contributed by atoms with Crippen LogP contribution in [0.3, 0.4) is 0 Å². The smallest absolute Gasteiger partial charge is 0.194 e. The second-order valence-electron chi connectivity index (χ2n) is 4.82. The van der Waals surface area contributed by atoms with Gasteiger partial charge in [0.1, 0.15) is 17.7 Å². The minimum atomic E-state index is 0. The van der Waals surface area contributed by atoms with E-state index in [9.17, 15) is 0 Å². The molecule has 122 valence electrons. The summed E-state index contributed by atoms with van der Waals surface area (Å²) in [6, 6.07) is 1.84. The highest BCUT2D eigenvalue weighted by atomic mass is 127. The van der Waals surface area contributed by atoms with Gasteiger partial charge in [-0.25, -0.2) is 4.99 Å². The lowest BCUT2D eigenvalue weighted by molar-refractivity contribution is 0.390. The fourth-order valence-corrected chi connectivity index (χ4v) is 1.99. The van der Waals surface area contributed by atoms with E-state index in [1.54, 1.807) is 6.26 Å².